The van der Waals surface area contributed by atoms with Crippen LogP contribution in [0, 0.1) is 5.82 Å². The number of carbonyl (C=O) groups is 1. The van der Waals surface area contributed by atoms with Crippen LogP contribution in [-0.2, 0) is 11.2 Å². The topological polar surface area (TPSA) is 41.6 Å². The van der Waals surface area contributed by atoms with Gasteiger partial charge in [0.05, 0.1) is 0 Å². The molecule has 5 heteroatoms. The van der Waals surface area contributed by atoms with Crippen molar-refractivity contribution in [1.29, 1.82) is 0 Å². The smallest absolute Gasteiger partial charge is 0.410 e. The van der Waals surface area contributed by atoms with Crippen LogP contribution < -0.4 is 5.32 Å². The van der Waals surface area contributed by atoms with E-state index in [4.69, 9.17) is 4.74 Å². The van der Waals surface area contributed by atoms with Gasteiger partial charge in [0.25, 0.3) is 0 Å². The summed E-state index contributed by atoms with van der Waals surface area (Å²) >= 11 is 0. The van der Waals surface area contributed by atoms with Crippen molar-refractivity contribution >= 4 is 6.09 Å². The van der Waals surface area contributed by atoms with Crippen LogP contribution in [-0.4, -0.2) is 42.8 Å². The standard InChI is InChI=1S/C17H27FN2O2/c1-13(12-14-8-6-7-9-15(14)18)19-10-11-20(5)16(21)22-17(2,3)4/h6-9,13,19H,10-12H2,1-5H3. The number of likely N-dealkylation sites (N-methyl/N-ethyl adjacent to an activating group) is 1. The van der Waals surface area contributed by atoms with Gasteiger partial charge in [-0.05, 0) is 45.7 Å². The van der Waals surface area contributed by atoms with Crippen molar-refractivity contribution in [3.63, 3.8) is 0 Å². The van der Waals surface area contributed by atoms with Crippen molar-refractivity contribution in [1.82, 2.24) is 10.2 Å². The van der Waals surface area contributed by atoms with Gasteiger partial charge in [-0.1, -0.05) is 18.2 Å². The van der Waals surface area contributed by atoms with Crippen molar-refractivity contribution < 1.29 is 13.9 Å². The molecule has 0 aliphatic rings. The van der Waals surface area contributed by atoms with Gasteiger partial charge in [-0.25, -0.2) is 9.18 Å². The Morgan fingerprint density at radius 2 is 2.00 bits per heavy atom. The Bertz CT molecular complexity index is 486. The Hall–Kier alpha value is -1.62. The molecule has 1 aromatic carbocycles. The zero-order chi connectivity index (χ0) is 16.8. The van der Waals surface area contributed by atoms with Crippen LogP contribution in [0.2, 0.25) is 0 Å². The molecule has 1 atom stereocenters. The number of amides is 1. The van der Waals surface area contributed by atoms with E-state index in [2.05, 4.69) is 5.32 Å². The Kier molecular flexibility index (Phi) is 6.81. The van der Waals surface area contributed by atoms with Gasteiger partial charge in [-0.15, -0.1) is 0 Å². The molecule has 1 amide bonds. The molecule has 0 fully saturated rings. The Morgan fingerprint density at radius 1 is 1.36 bits per heavy atom. The summed E-state index contributed by atoms with van der Waals surface area (Å²) < 4.78 is 18.8. The van der Waals surface area contributed by atoms with E-state index in [0.29, 0.717) is 25.1 Å². The van der Waals surface area contributed by atoms with Gasteiger partial charge in [0, 0.05) is 26.2 Å². The fourth-order valence-electron chi connectivity index (χ4n) is 1.98. The third-order valence-electron chi connectivity index (χ3n) is 3.13. The predicted octanol–water partition coefficient (Wildman–Crippen LogP) is 3.21. The molecule has 4 nitrogen and oxygen atoms in total. The van der Waals surface area contributed by atoms with Crippen molar-refractivity contribution in [2.45, 2.75) is 45.8 Å². The molecule has 22 heavy (non-hydrogen) atoms. The average molecular weight is 310 g/mol. The van der Waals surface area contributed by atoms with E-state index in [1.165, 1.54) is 11.0 Å². The molecular weight excluding hydrogens is 283 g/mol. The highest BCUT2D eigenvalue weighted by Gasteiger charge is 2.19. The minimum Gasteiger partial charge on any atom is -0.444 e. The van der Waals surface area contributed by atoms with Crippen LogP contribution in [0.1, 0.15) is 33.3 Å². The number of hydrogen-bond donors (Lipinski definition) is 1. The number of ether oxygens (including phenoxy) is 1. The maximum atomic E-state index is 13.6. The highest BCUT2D eigenvalue weighted by atomic mass is 19.1. The molecule has 1 aromatic rings. The highest BCUT2D eigenvalue weighted by Crippen LogP contribution is 2.10. The van der Waals surface area contributed by atoms with E-state index in [9.17, 15) is 9.18 Å². The number of rotatable bonds is 6. The van der Waals surface area contributed by atoms with Gasteiger partial charge in [0.1, 0.15) is 11.4 Å². The highest BCUT2D eigenvalue weighted by molar-refractivity contribution is 5.67. The number of halogens is 1. The van der Waals surface area contributed by atoms with Crippen molar-refractivity contribution in [3.8, 4) is 0 Å². The lowest BCUT2D eigenvalue weighted by Gasteiger charge is -2.25. The third kappa shape index (κ3) is 6.89. The first-order valence-electron chi connectivity index (χ1n) is 7.60. The van der Waals surface area contributed by atoms with Crippen LogP contribution in [0.4, 0.5) is 9.18 Å². The lowest BCUT2D eigenvalue weighted by molar-refractivity contribution is 0.0299. The number of benzene rings is 1. The summed E-state index contributed by atoms with van der Waals surface area (Å²) in [5.41, 5.74) is 0.208. The number of hydrogen-bond acceptors (Lipinski definition) is 3. The lowest BCUT2D eigenvalue weighted by Crippen LogP contribution is -2.40. The van der Waals surface area contributed by atoms with Gasteiger partial charge < -0.3 is 15.0 Å². The Labute approximate surface area is 132 Å². The van der Waals surface area contributed by atoms with Crippen LogP contribution in [0.3, 0.4) is 0 Å². The molecule has 0 aromatic heterocycles. The van der Waals surface area contributed by atoms with E-state index in [1.54, 1.807) is 19.2 Å². The summed E-state index contributed by atoms with van der Waals surface area (Å²) in [6, 6.07) is 6.91. The SMILES string of the molecule is CC(Cc1ccccc1F)NCCN(C)C(=O)OC(C)(C)C. The molecule has 1 N–H and O–H groups in total. The average Bonchev–Trinajstić information content (AvgIpc) is 2.39. The fraction of sp³-hybridized carbons (Fsp3) is 0.588. The Balaban J connectivity index is 2.31. The third-order valence-corrected chi connectivity index (χ3v) is 3.13. The van der Waals surface area contributed by atoms with E-state index in [0.717, 1.165) is 0 Å². The van der Waals surface area contributed by atoms with E-state index < -0.39 is 5.60 Å². The van der Waals surface area contributed by atoms with Crippen molar-refractivity contribution in [2.24, 2.45) is 0 Å². The van der Waals surface area contributed by atoms with Crippen molar-refractivity contribution in [3.05, 3.63) is 35.6 Å². The summed E-state index contributed by atoms with van der Waals surface area (Å²) in [4.78, 5) is 13.3. The zero-order valence-electron chi connectivity index (χ0n) is 14.1. The quantitative estimate of drug-likeness (QED) is 0.877. The number of nitrogens with one attached hydrogen (secondary N) is 1. The van der Waals surface area contributed by atoms with Crippen LogP contribution >= 0.6 is 0 Å². The molecule has 1 unspecified atom stereocenters. The maximum absolute atomic E-state index is 13.6. The summed E-state index contributed by atoms with van der Waals surface area (Å²) in [5.74, 6) is -0.179. The van der Waals surface area contributed by atoms with E-state index in [-0.39, 0.29) is 18.0 Å². The molecule has 0 aliphatic carbocycles. The summed E-state index contributed by atoms with van der Waals surface area (Å²) in [6.45, 7) is 8.69. The normalized spacial score (nSPS) is 12.8. The van der Waals surface area contributed by atoms with E-state index in [1.807, 2.05) is 33.8 Å². The number of nitrogens with zero attached hydrogens (tertiary/aromatic N) is 1. The molecule has 0 heterocycles. The second-order valence-electron chi connectivity index (χ2n) is 6.55. The lowest BCUT2D eigenvalue weighted by atomic mass is 10.1. The van der Waals surface area contributed by atoms with Crippen LogP contribution in [0.25, 0.3) is 0 Å². The molecule has 0 spiro atoms. The molecule has 0 bridgehead atoms. The first-order chi connectivity index (χ1) is 10.2. The van der Waals surface area contributed by atoms with E-state index >= 15 is 0 Å². The van der Waals surface area contributed by atoms with Gasteiger partial charge in [-0.2, -0.15) is 0 Å². The fourth-order valence-corrected chi connectivity index (χ4v) is 1.98. The molecule has 1 rings (SSSR count). The first-order valence-corrected chi connectivity index (χ1v) is 7.60. The van der Waals surface area contributed by atoms with Crippen molar-refractivity contribution in [2.75, 3.05) is 20.1 Å². The molecule has 0 aliphatic heterocycles. The molecule has 0 saturated carbocycles. The van der Waals surface area contributed by atoms with Gasteiger partial charge in [-0.3, -0.25) is 0 Å². The molecule has 0 saturated heterocycles. The summed E-state index contributed by atoms with van der Waals surface area (Å²) in [7, 11) is 1.71. The minimum absolute atomic E-state index is 0.129. The zero-order valence-corrected chi connectivity index (χ0v) is 14.1. The largest absolute Gasteiger partial charge is 0.444 e. The second kappa shape index (κ2) is 8.13. The van der Waals surface area contributed by atoms with Gasteiger partial charge in [0.2, 0.25) is 0 Å². The summed E-state index contributed by atoms with van der Waals surface area (Å²) in [5, 5.41) is 3.29. The number of carbonyl (C=O) groups excluding carboxylic acids is 1. The van der Waals surface area contributed by atoms with Gasteiger partial charge in [0.15, 0.2) is 0 Å². The minimum atomic E-state index is -0.489. The first kappa shape index (κ1) is 18.4. The van der Waals surface area contributed by atoms with Crippen LogP contribution in [0.5, 0.6) is 0 Å². The molecule has 0 radical (unpaired) electrons. The summed E-state index contributed by atoms with van der Waals surface area (Å²) in [6.07, 6.45) is 0.277. The predicted molar refractivity (Wildman–Crippen MR) is 86.4 cm³/mol. The Morgan fingerprint density at radius 3 is 2.59 bits per heavy atom. The second-order valence-corrected chi connectivity index (χ2v) is 6.55. The van der Waals surface area contributed by atoms with Crippen LogP contribution in [0.15, 0.2) is 24.3 Å². The maximum Gasteiger partial charge on any atom is 0.410 e. The molecule has 124 valence electrons. The molecular formula is C17H27FN2O2. The monoisotopic (exact) mass is 310 g/mol. The van der Waals surface area contributed by atoms with Gasteiger partial charge >= 0.3 is 6.09 Å².